The number of methoxy groups -OCH3 is 1. The van der Waals surface area contributed by atoms with Gasteiger partial charge in [-0.05, 0) is 23.8 Å². The summed E-state index contributed by atoms with van der Waals surface area (Å²) < 4.78 is 12.4. The Kier molecular flexibility index (Phi) is 6.79. The van der Waals surface area contributed by atoms with E-state index in [9.17, 15) is 4.79 Å². The molecular weight excluding hydrogens is 458 g/mol. The summed E-state index contributed by atoms with van der Waals surface area (Å²) in [7, 11) is 1.55. The number of hydrogen-bond donors (Lipinski definition) is 0. The Morgan fingerprint density at radius 2 is 2.07 bits per heavy atom. The molecule has 2 aromatic rings. The first kappa shape index (κ1) is 20.5. The van der Waals surface area contributed by atoms with Crippen molar-refractivity contribution in [3.8, 4) is 23.8 Å². The van der Waals surface area contributed by atoms with Crippen molar-refractivity contribution >= 4 is 56.2 Å². The van der Waals surface area contributed by atoms with Gasteiger partial charge in [-0.25, -0.2) is 0 Å². The normalized spacial score (nSPS) is 15.0. The molecule has 1 aliphatic heterocycles. The molecule has 0 N–H and O–H groups in total. The highest BCUT2D eigenvalue weighted by atomic mass is 79.9. The number of hydrogen-bond acceptors (Lipinski definition) is 5. The molecule has 28 heavy (non-hydrogen) atoms. The van der Waals surface area contributed by atoms with Gasteiger partial charge in [0, 0.05) is 10.0 Å². The fourth-order valence-electron chi connectivity index (χ4n) is 2.66. The molecule has 0 unspecified atom stereocenters. The van der Waals surface area contributed by atoms with Gasteiger partial charge in [-0.3, -0.25) is 9.69 Å². The van der Waals surface area contributed by atoms with Crippen LogP contribution >= 0.6 is 39.9 Å². The number of rotatable bonds is 6. The number of benzene rings is 2. The molecule has 0 saturated carbocycles. The van der Waals surface area contributed by atoms with Crippen molar-refractivity contribution in [2.75, 3.05) is 13.7 Å². The van der Waals surface area contributed by atoms with Crippen molar-refractivity contribution in [1.29, 1.82) is 0 Å². The zero-order chi connectivity index (χ0) is 20.1. The standard InChI is InChI=1S/C21H16BrNO3S2/c1-3-9-26-19-15(10-16(22)12-17(19)25-2)11-18-20(24)23(21(27)28-18)13-14-7-5-4-6-8-14/h1,4-8,10-12H,9,13H2,2H3/b18-11-. The lowest BCUT2D eigenvalue weighted by molar-refractivity contribution is -0.122. The number of halogens is 1. The van der Waals surface area contributed by atoms with Gasteiger partial charge in [0.05, 0.1) is 18.6 Å². The minimum atomic E-state index is -0.138. The van der Waals surface area contributed by atoms with Crippen LogP contribution in [-0.2, 0) is 11.3 Å². The van der Waals surface area contributed by atoms with Crippen molar-refractivity contribution in [3.05, 3.63) is 63.0 Å². The summed E-state index contributed by atoms with van der Waals surface area (Å²) in [5, 5.41) is 0. The van der Waals surface area contributed by atoms with Crippen LogP contribution in [0.1, 0.15) is 11.1 Å². The number of thioether (sulfide) groups is 1. The van der Waals surface area contributed by atoms with E-state index in [2.05, 4.69) is 21.9 Å². The van der Waals surface area contributed by atoms with E-state index in [1.54, 1.807) is 24.2 Å². The van der Waals surface area contributed by atoms with Crippen LogP contribution in [-0.4, -0.2) is 28.8 Å². The SMILES string of the molecule is C#CCOc1c(/C=C2\SC(=S)N(Cc3ccccc3)C2=O)cc(Br)cc1OC. The molecule has 0 atom stereocenters. The molecule has 1 saturated heterocycles. The highest BCUT2D eigenvalue weighted by Gasteiger charge is 2.32. The molecule has 1 heterocycles. The lowest BCUT2D eigenvalue weighted by Crippen LogP contribution is -2.27. The summed E-state index contributed by atoms with van der Waals surface area (Å²) in [6.07, 6.45) is 7.07. The summed E-state index contributed by atoms with van der Waals surface area (Å²) in [4.78, 5) is 15.0. The molecule has 3 rings (SSSR count). The van der Waals surface area contributed by atoms with E-state index in [0.717, 1.165) is 10.0 Å². The van der Waals surface area contributed by atoms with Crippen LogP contribution in [0.2, 0.25) is 0 Å². The van der Waals surface area contributed by atoms with Gasteiger partial charge >= 0.3 is 0 Å². The molecule has 0 radical (unpaired) electrons. The van der Waals surface area contributed by atoms with Gasteiger partial charge in [0.25, 0.3) is 5.91 Å². The first-order valence-corrected chi connectivity index (χ1v) is 10.3. The van der Waals surface area contributed by atoms with E-state index in [-0.39, 0.29) is 12.5 Å². The zero-order valence-electron chi connectivity index (χ0n) is 15.0. The van der Waals surface area contributed by atoms with E-state index in [1.807, 2.05) is 36.4 Å². The molecule has 1 amide bonds. The Hall–Kier alpha value is -2.27. The molecule has 142 valence electrons. The molecule has 0 aliphatic carbocycles. The van der Waals surface area contributed by atoms with Gasteiger partial charge in [0.2, 0.25) is 0 Å². The molecule has 4 nitrogen and oxygen atoms in total. The fraction of sp³-hybridized carbons (Fsp3) is 0.143. The monoisotopic (exact) mass is 473 g/mol. The average molecular weight is 474 g/mol. The lowest BCUT2D eigenvalue weighted by Gasteiger charge is -2.14. The minimum absolute atomic E-state index is 0.0911. The van der Waals surface area contributed by atoms with Crippen LogP contribution in [0.4, 0.5) is 0 Å². The van der Waals surface area contributed by atoms with Crippen molar-refractivity contribution in [2.24, 2.45) is 0 Å². The van der Waals surface area contributed by atoms with Gasteiger partial charge < -0.3 is 9.47 Å². The third kappa shape index (κ3) is 4.58. The summed E-state index contributed by atoms with van der Waals surface area (Å²) in [5.74, 6) is 3.31. The Morgan fingerprint density at radius 1 is 1.32 bits per heavy atom. The maximum atomic E-state index is 12.9. The Balaban J connectivity index is 1.93. The van der Waals surface area contributed by atoms with Crippen molar-refractivity contribution in [2.45, 2.75) is 6.54 Å². The molecule has 0 bridgehead atoms. The molecular formula is C21H16BrNO3S2. The van der Waals surface area contributed by atoms with E-state index >= 15 is 0 Å². The summed E-state index contributed by atoms with van der Waals surface area (Å²) in [6, 6.07) is 13.4. The van der Waals surface area contributed by atoms with Crippen LogP contribution in [0.3, 0.4) is 0 Å². The number of terminal acetylenes is 1. The van der Waals surface area contributed by atoms with E-state index in [0.29, 0.717) is 32.8 Å². The second-order valence-corrected chi connectivity index (χ2v) is 8.36. The Bertz CT molecular complexity index is 983. The first-order valence-electron chi connectivity index (χ1n) is 8.26. The number of thiocarbonyl (C=S) groups is 1. The van der Waals surface area contributed by atoms with E-state index < -0.39 is 0 Å². The summed E-state index contributed by atoms with van der Waals surface area (Å²) >= 11 is 10.1. The molecule has 0 spiro atoms. The third-order valence-corrected chi connectivity index (χ3v) is 5.75. The number of ether oxygens (including phenoxy) is 2. The first-order chi connectivity index (χ1) is 13.5. The molecule has 1 fully saturated rings. The second kappa shape index (κ2) is 9.28. The van der Waals surface area contributed by atoms with Gasteiger partial charge in [0.15, 0.2) is 11.5 Å². The van der Waals surface area contributed by atoms with Gasteiger partial charge in [-0.15, -0.1) is 6.42 Å². The van der Waals surface area contributed by atoms with Crippen molar-refractivity contribution < 1.29 is 14.3 Å². The average Bonchev–Trinajstić information content (AvgIpc) is 2.95. The highest BCUT2D eigenvalue weighted by Crippen LogP contribution is 2.39. The van der Waals surface area contributed by atoms with Crippen molar-refractivity contribution in [1.82, 2.24) is 4.90 Å². The summed E-state index contributed by atoms with van der Waals surface area (Å²) in [5.41, 5.74) is 1.70. The number of nitrogens with zero attached hydrogens (tertiary/aromatic N) is 1. The molecule has 2 aromatic carbocycles. The zero-order valence-corrected chi connectivity index (χ0v) is 18.2. The van der Waals surface area contributed by atoms with E-state index in [1.165, 1.54) is 11.8 Å². The van der Waals surface area contributed by atoms with Crippen LogP contribution < -0.4 is 9.47 Å². The highest BCUT2D eigenvalue weighted by molar-refractivity contribution is 9.10. The summed E-state index contributed by atoms with van der Waals surface area (Å²) in [6.45, 7) is 0.527. The third-order valence-electron chi connectivity index (χ3n) is 3.91. The molecule has 1 aliphatic rings. The van der Waals surface area contributed by atoms with Gasteiger partial charge in [-0.2, -0.15) is 0 Å². The Morgan fingerprint density at radius 3 is 2.75 bits per heavy atom. The topological polar surface area (TPSA) is 38.8 Å². The molecule has 0 aromatic heterocycles. The van der Waals surface area contributed by atoms with E-state index in [4.69, 9.17) is 28.1 Å². The fourth-order valence-corrected chi connectivity index (χ4v) is 4.36. The second-order valence-electron chi connectivity index (χ2n) is 5.77. The maximum Gasteiger partial charge on any atom is 0.266 e. The van der Waals surface area contributed by atoms with Crippen LogP contribution in [0, 0.1) is 12.3 Å². The Labute approximate surface area is 182 Å². The quantitative estimate of drug-likeness (QED) is 0.339. The van der Waals surface area contributed by atoms with Gasteiger partial charge in [0.1, 0.15) is 10.9 Å². The largest absolute Gasteiger partial charge is 0.493 e. The van der Waals surface area contributed by atoms with Gasteiger partial charge in [-0.1, -0.05) is 76.2 Å². The van der Waals surface area contributed by atoms with Crippen LogP contribution in [0.15, 0.2) is 51.8 Å². The predicted molar refractivity (Wildman–Crippen MR) is 120 cm³/mol. The minimum Gasteiger partial charge on any atom is -0.493 e. The van der Waals surface area contributed by atoms with Crippen LogP contribution in [0.5, 0.6) is 11.5 Å². The number of carbonyl (C=O) groups excluding carboxylic acids is 1. The smallest absolute Gasteiger partial charge is 0.266 e. The van der Waals surface area contributed by atoms with Crippen LogP contribution in [0.25, 0.3) is 6.08 Å². The number of carbonyl (C=O) groups is 1. The number of amides is 1. The molecule has 7 heteroatoms. The lowest BCUT2D eigenvalue weighted by atomic mass is 10.1. The maximum absolute atomic E-state index is 12.9. The van der Waals surface area contributed by atoms with Crippen molar-refractivity contribution in [3.63, 3.8) is 0 Å². The predicted octanol–water partition coefficient (Wildman–Crippen LogP) is 4.87.